The minimum Gasteiger partial charge on any atom is -1.00 e. The van der Waals surface area contributed by atoms with Gasteiger partial charge in [0.15, 0.2) is 0 Å². The highest BCUT2D eigenvalue weighted by atomic mass is 127. The molecule has 0 bridgehead atoms. The molecule has 0 saturated carbocycles. The van der Waals surface area contributed by atoms with Gasteiger partial charge in [-0.1, -0.05) is 6.07 Å². The first-order valence-corrected chi connectivity index (χ1v) is 7.46. The number of halogens is 1. The van der Waals surface area contributed by atoms with Crippen molar-refractivity contribution in [1.82, 2.24) is 4.48 Å². The lowest BCUT2D eigenvalue weighted by Gasteiger charge is -2.23. The number of rotatable bonds is 3. The number of nitrogens with zero attached hydrogens (tertiary/aromatic N) is 4. The summed E-state index contributed by atoms with van der Waals surface area (Å²) in [5.74, 6) is -1.06. The number of benzene rings is 2. The Labute approximate surface area is 162 Å². The molecule has 0 radical (unpaired) electrons. The molecule has 1 aliphatic rings. The van der Waals surface area contributed by atoms with Crippen LogP contribution in [0.15, 0.2) is 57.7 Å². The topological polar surface area (TPSA) is 71.2 Å². The Morgan fingerprint density at radius 2 is 1.56 bits per heavy atom. The van der Waals surface area contributed by atoms with E-state index in [-0.39, 0.29) is 35.1 Å². The monoisotopic (exact) mass is 448 g/mol. The lowest BCUT2D eigenvalue weighted by atomic mass is 10.0. The van der Waals surface area contributed by atoms with Gasteiger partial charge in [0.25, 0.3) is 11.8 Å². The van der Waals surface area contributed by atoms with E-state index in [1.54, 1.807) is 24.4 Å². The number of hydrogen-bond donors (Lipinski definition) is 0. The van der Waals surface area contributed by atoms with Gasteiger partial charge in [-0.2, -0.15) is 0 Å². The van der Waals surface area contributed by atoms with Gasteiger partial charge in [-0.25, -0.2) is 0 Å². The van der Waals surface area contributed by atoms with Gasteiger partial charge in [0, 0.05) is 6.21 Å². The van der Waals surface area contributed by atoms with Crippen LogP contribution in [0.3, 0.4) is 0 Å². The van der Waals surface area contributed by atoms with Crippen LogP contribution in [-0.2, 0) is 0 Å². The summed E-state index contributed by atoms with van der Waals surface area (Å²) in [5, 5.41) is 6.69. The van der Waals surface area contributed by atoms with Gasteiger partial charge in [0.2, 0.25) is 0 Å². The molecule has 2 amide bonds. The molecule has 1 heterocycles. The maximum Gasteiger partial charge on any atom is 0.298 e. The van der Waals surface area contributed by atoms with Crippen molar-refractivity contribution in [2.75, 3.05) is 21.1 Å². The zero-order chi connectivity index (χ0) is 17.3. The first-order chi connectivity index (χ1) is 11.4. The van der Waals surface area contributed by atoms with E-state index >= 15 is 0 Å². The second kappa shape index (κ2) is 7.32. The Kier molecular flexibility index (Phi) is 5.58. The average Bonchev–Trinajstić information content (AvgIpc) is 2.56. The molecule has 128 valence electrons. The van der Waals surface area contributed by atoms with E-state index in [4.69, 9.17) is 0 Å². The van der Waals surface area contributed by atoms with E-state index in [0.29, 0.717) is 5.69 Å². The molecular formula is C18H17IN4O2. The first-order valence-electron chi connectivity index (χ1n) is 7.46. The van der Waals surface area contributed by atoms with Gasteiger partial charge in [-0.3, -0.25) is 19.1 Å². The van der Waals surface area contributed by atoms with E-state index in [1.165, 1.54) is 5.69 Å². The van der Waals surface area contributed by atoms with Crippen molar-refractivity contribution in [3.63, 3.8) is 0 Å². The van der Waals surface area contributed by atoms with Crippen LogP contribution in [0.4, 0.5) is 11.4 Å². The predicted molar refractivity (Wildman–Crippen MR) is 93.2 cm³/mol. The SMILES string of the molecule is C[N+](C)(C)c1ccc(C=Nc2cccc3c2C(=O)N=NC3=O)cc1.[I-]. The molecule has 2 aromatic carbocycles. The summed E-state index contributed by atoms with van der Waals surface area (Å²) >= 11 is 0. The number of hydrogen-bond acceptors (Lipinski definition) is 3. The maximum atomic E-state index is 11.9. The lowest BCUT2D eigenvalue weighted by molar-refractivity contribution is -0.0000200. The van der Waals surface area contributed by atoms with Crippen LogP contribution in [0, 0.1) is 0 Å². The Balaban J connectivity index is 0.00000225. The number of azo groups is 1. The first kappa shape index (κ1) is 19.1. The van der Waals surface area contributed by atoms with Crippen LogP contribution >= 0.6 is 0 Å². The Bertz CT molecular complexity index is 881. The summed E-state index contributed by atoms with van der Waals surface area (Å²) in [7, 11) is 6.28. The molecule has 0 N–H and O–H groups in total. The molecule has 0 atom stereocenters. The molecular weight excluding hydrogens is 431 g/mol. The highest BCUT2D eigenvalue weighted by molar-refractivity contribution is 6.14. The summed E-state index contributed by atoms with van der Waals surface area (Å²) < 4.78 is 0.727. The van der Waals surface area contributed by atoms with E-state index in [1.807, 2.05) is 24.3 Å². The molecule has 6 nitrogen and oxygen atoms in total. The van der Waals surface area contributed by atoms with Crippen molar-refractivity contribution in [3.05, 3.63) is 59.2 Å². The smallest absolute Gasteiger partial charge is 0.298 e. The van der Waals surface area contributed by atoms with Crippen LogP contribution in [0.1, 0.15) is 26.3 Å². The van der Waals surface area contributed by atoms with Crippen molar-refractivity contribution in [2.24, 2.45) is 15.2 Å². The number of aliphatic imine (C=N–C) groups is 1. The zero-order valence-electron chi connectivity index (χ0n) is 14.1. The fourth-order valence-electron chi connectivity index (χ4n) is 2.40. The fourth-order valence-corrected chi connectivity index (χ4v) is 2.40. The van der Waals surface area contributed by atoms with Crippen LogP contribution < -0.4 is 28.5 Å². The Morgan fingerprint density at radius 3 is 2.20 bits per heavy atom. The quantitative estimate of drug-likeness (QED) is 0.387. The molecule has 0 fully saturated rings. The number of quaternary nitrogens is 1. The molecule has 0 aromatic heterocycles. The minimum atomic E-state index is -0.544. The van der Waals surface area contributed by atoms with Crippen molar-refractivity contribution < 1.29 is 33.6 Å². The van der Waals surface area contributed by atoms with Crippen molar-refractivity contribution in [3.8, 4) is 0 Å². The van der Waals surface area contributed by atoms with Crippen LogP contribution in [0.2, 0.25) is 0 Å². The molecule has 2 aromatic rings. The maximum absolute atomic E-state index is 11.9. The summed E-state index contributed by atoms with van der Waals surface area (Å²) in [6.45, 7) is 0. The molecule has 7 heteroatoms. The molecule has 25 heavy (non-hydrogen) atoms. The van der Waals surface area contributed by atoms with Gasteiger partial charge in [-0.05, 0) is 42.0 Å². The third-order valence-electron chi connectivity index (χ3n) is 3.74. The van der Waals surface area contributed by atoms with E-state index < -0.39 is 11.8 Å². The number of carbonyl (C=O) groups is 2. The molecule has 1 aliphatic heterocycles. The van der Waals surface area contributed by atoms with Crippen molar-refractivity contribution in [2.45, 2.75) is 0 Å². The van der Waals surface area contributed by atoms with Gasteiger partial charge in [0.1, 0.15) is 5.69 Å². The number of fused-ring (bicyclic) bond motifs is 1. The summed E-state index contributed by atoms with van der Waals surface area (Å²) in [5.41, 5.74) is 2.94. The van der Waals surface area contributed by atoms with E-state index in [9.17, 15) is 9.59 Å². The molecule has 0 spiro atoms. The average molecular weight is 448 g/mol. The predicted octanol–water partition coefficient (Wildman–Crippen LogP) is 0.384. The minimum absolute atomic E-state index is 0. The van der Waals surface area contributed by atoms with Gasteiger partial charge >= 0.3 is 0 Å². The highest BCUT2D eigenvalue weighted by Gasteiger charge is 2.24. The largest absolute Gasteiger partial charge is 1.00 e. The van der Waals surface area contributed by atoms with E-state index in [0.717, 1.165) is 10.0 Å². The summed E-state index contributed by atoms with van der Waals surface area (Å²) in [6, 6.07) is 12.9. The zero-order valence-corrected chi connectivity index (χ0v) is 16.3. The molecule has 0 aliphatic carbocycles. The van der Waals surface area contributed by atoms with Crippen LogP contribution in [-0.4, -0.2) is 39.2 Å². The van der Waals surface area contributed by atoms with Crippen molar-refractivity contribution >= 4 is 29.4 Å². The summed E-state index contributed by atoms with van der Waals surface area (Å²) in [4.78, 5) is 28.0. The van der Waals surface area contributed by atoms with Crippen molar-refractivity contribution in [1.29, 1.82) is 0 Å². The van der Waals surface area contributed by atoms with Gasteiger partial charge in [-0.15, -0.1) is 10.2 Å². The third kappa shape index (κ3) is 4.05. The molecule has 0 unspecified atom stereocenters. The second-order valence-electron chi connectivity index (χ2n) is 6.37. The van der Waals surface area contributed by atoms with E-state index in [2.05, 4.69) is 36.4 Å². The number of amides is 2. The third-order valence-corrected chi connectivity index (χ3v) is 3.74. The lowest BCUT2D eigenvalue weighted by Crippen LogP contribution is -3.00. The molecule has 0 saturated heterocycles. The number of carbonyl (C=O) groups excluding carboxylic acids is 2. The van der Waals surface area contributed by atoms with Crippen LogP contribution in [0.5, 0.6) is 0 Å². The van der Waals surface area contributed by atoms with Gasteiger partial charge in [0.05, 0.1) is 38.0 Å². The molecule has 3 rings (SSSR count). The summed E-state index contributed by atoms with van der Waals surface area (Å²) in [6.07, 6.45) is 1.67. The van der Waals surface area contributed by atoms with Gasteiger partial charge < -0.3 is 24.0 Å². The van der Waals surface area contributed by atoms with Crippen LogP contribution in [0.25, 0.3) is 0 Å². The Morgan fingerprint density at radius 1 is 0.920 bits per heavy atom. The fraction of sp³-hybridized carbons (Fsp3) is 0.167. The Hall–Kier alpha value is -2.26. The highest BCUT2D eigenvalue weighted by Crippen LogP contribution is 2.27. The second-order valence-corrected chi connectivity index (χ2v) is 6.37. The standard InChI is InChI=1S/C18H17N4O2.HI/c1-22(2,3)13-9-7-12(8-10-13)11-19-15-6-4-5-14-16(15)18(24)21-20-17(14)23;/h4-11H,1-3H3;1H/q+1;/p-1. The normalized spacial score (nSPS) is 13.7.